The second kappa shape index (κ2) is 8.52. The Bertz CT molecular complexity index is 1050. The van der Waals surface area contributed by atoms with Gasteiger partial charge in [-0.1, -0.05) is 42.4 Å². The minimum absolute atomic E-state index is 0.0646. The summed E-state index contributed by atoms with van der Waals surface area (Å²) in [4.78, 5) is 4.66. The van der Waals surface area contributed by atoms with E-state index < -0.39 is 10.0 Å². The second-order valence-corrected chi connectivity index (χ2v) is 8.90. The van der Waals surface area contributed by atoms with E-state index in [-0.39, 0.29) is 4.90 Å². The molecule has 0 aliphatic carbocycles. The van der Waals surface area contributed by atoms with Crippen LogP contribution in [0.4, 0.5) is 0 Å². The number of thioether (sulfide) groups is 1. The maximum Gasteiger partial charge on any atom is 0.238 e. The van der Waals surface area contributed by atoms with E-state index in [4.69, 9.17) is 21.5 Å². The fourth-order valence-corrected chi connectivity index (χ4v) is 4.24. The Morgan fingerprint density at radius 3 is 2.74 bits per heavy atom. The summed E-state index contributed by atoms with van der Waals surface area (Å²) in [6.45, 7) is 3.35. The van der Waals surface area contributed by atoms with Crippen molar-refractivity contribution in [1.29, 1.82) is 0 Å². The van der Waals surface area contributed by atoms with E-state index in [9.17, 15) is 8.42 Å². The molecule has 2 N–H and O–H groups in total. The monoisotopic (exact) mass is 425 g/mol. The molecule has 0 aliphatic heterocycles. The van der Waals surface area contributed by atoms with Crippen molar-refractivity contribution >= 4 is 44.4 Å². The first kappa shape index (κ1) is 20.0. The van der Waals surface area contributed by atoms with Gasteiger partial charge < -0.3 is 9.30 Å². The summed E-state index contributed by atoms with van der Waals surface area (Å²) in [6.07, 6.45) is 0.937. The standard InChI is InChI=1S/C18H20ClN3O3S2/c1-2-9-22-16-8-7-13(27(20,23)24)12-15(16)21-18(22)26-11-10-25-17-6-4-3-5-14(17)19/h3-8,12H,2,9-11H2,1H3,(H2,20,23,24). The van der Waals surface area contributed by atoms with Gasteiger partial charge in [0.05, 0.1) is 27.6 Å². The summed E-state index contributed by atoms with van der Waals surface area (Å²) in [6, 6.07) is 12.1. The number of aryl methyl sites for hydroxylation is 1. The average molecular weight is 426 g/mol. The Balaban J connectivity index is 1.76. The van der Waals surface area contributed by atoms with Gasteiger partial charge in [0, 0.05) is 12.3 Å². The van der Waals surface area contributed by atoms with Crippen molar-refractivity contribution < 1.29 is 13.2 Å². The summed E-state index contributed by atoms with van der Waals surface area (Å²) >= 11 is 7.64. The minimum atomic E-state index is -3.75. The number of halogens is 1. The van der Waals surface area contributed by atoms with Crippen molar-refractivity contribution in [2.75, 3.05) is 12.4 Å². The molecule has 6 nitrogen and oxygen atoms in total. The molecule has 0 unspecified atom stereocenters. The minimum Gasteiger partial charge on any atom is -0.491 e. The average Bonchev–Trinajstić information content (AvgIpc) is 2.97. The first-order valence-electron chi connectivity index (χ1n) is 8.43. The molecule has 0 radical (unpaired) electrons. The smallest absolute Gasteiger partial charge is 0.238 e. The summed E-state index contributed by atoms with van der Waals surface area (Å²) in [5.74, 6) is 1.33. The van der Waals surface area contributed by atoms with Crippen molar-refractivity contribution in [3.63, 3.8) is 0 Å². The summed E-state index contributed by atoms with van der Waals surface area (Å²) in [5, 5.41) is 6.62. The van der Waals surface area contributed by atoms with Crippen LogP contribution in [-0.2, 0) is 16.6 Å². The van der Waals surface area contributed by atoms with E-state index in [1.165, 1.54) is 12.1 Å². The van der Waals surface area contributed by atoms with E-state index in [1.54, 1.807) is 23.9 Å². The van der Waals surface area contributed by atoms with Crippen LogP contribution in [0.1, 0.15) is 13.3 Å². The van der Waals surface area contributed by atoms with Crippen LogP contribution in [0.15, 0.2) is 52.5 Å². The number of hydrogen-bond donors (Lipinski definition) is 1. The summed E-state index contributed by atoms with van der Waals surface area (Å²) in [5.41, 5.74) is 1.50. The molecule has 0 bridgehead atoms. The Kier molecular flexibility index (Phi) is 6.31. The van der Waals surface area contributed by atoms with Crippen molar-refractivity contribution in [3.05, 3.63) is 47.5 Å². The molecule has 9 heteroatoms. The Hall–Kier alpha value is -1.74. The van der Waals surface area contributed by atoms with Gasteiger partial charge in [-0.3, -0.25) is 0 Å². The third-order valence-electron chi connectivity index (χ3n) is 3.87. The molecule has 0 saturated carbocycles. The number of hydrogen-bond acceptors (Lipinski definition) is 5. The second-order valence-electron chi connectivity index (χ2n) is 5.87. The maximum absolute atomic E-state index is 11.6. The SMILES string of the molecule is CCCn1c(SCCOc2ccccc2Cl)nc2cc(S(N)(=O)=O)ccc21. The molecule has 0 spiro atoms. The molecule has 0 fully saturated rings. The van der Waals surface area contributed by atoms with Crippen molar-refractivity contribution in [2.45, 2.75) is 29.9 Å². The number of imidazole rings is 1. The normalized spacial score (nSPS) is 11.8. The number of benzene rings is 2. The lowest BCUT2D eigenvalue weighted by Gasteiger charge is -2.09. The predicted octanol–water partition coefficient (Wildman–Crippen LogP) is 3.92. The molecule has 3 rings (SSSR count). The van der Waals surface area contributed by atoms with Gasteiger partial charge in [-0.2, -0.15) is 0 Å². The lowest BCUT2D eigenvalue weighted by atomic mass is 10.3. The first-order valence-corrected chi connectivity index (χ1v) is 11.3. The van der Waals surface area contributed by atoms with Crippen LogP contribution in [0, 0.1) is 0 Å². The summed E-state index contributed by atoms with van der Waals surface area (Å²) < 4.78 is 31.0. The number of aromatic nitrogens is 2. The zero-order valence-corrected chi connectivity index (χ0v) is 17.1. The largest absolute Gasteiger partial charge is 0.491 e. The number of nitrogens with two attached hydrogens (primary N) is 1. The molecule has 0 amide bonds. The molecule has 144 valence electrons. The number of fused-ring (bicyclic) bond motifs is 1. The highest BCUT2D eigenvalue weighted by Gasteiger charge is 2.15. The summed E-state index contributed by atoms with van der Waals surface area (Å²) in [7, 11) is -3.75. The quantitative estimate of drug-likeness (QED) is 0.436. The fraction of sp³-hybridized carbons (Fsp3) is 0.278. The molecule has 0 aliphatic rings. The van der Waals surface area contributed by atoms with Gasteiger partial charge in [0.25, 0.3) is 0 Å². The number of nitrogens with zero attached hydrogens (tertiary/aromatic N) is 2. The maximum atomic E-state index is 11.6. The van der Waals surface area contributed by atoms with E-state index in [1.807, 2.05) is 18.2 Å². The van der Waals surface area contributed by atoms with Gasteiger partial charge in [-0.25, -0.2) is 18.5 Å². The lowest BCUT2D eigenvalue weighted by molar-refractivity contribution is 0.344. The van der Waals surface area contributed by atoms with E-state index in [0.29, 0.717) is 28.6 Å². The molecule has 1 heterocycles. The first-order chi connectivity index (χ1) is 12.9. The lowest BCUT2D eigenvalue weighted by Crippen LogP contribution is -2.11. The molecule has 0 atom stereocenters. The van der Waals surface area contributed by atoms with Gasteiger partial charge in [-0.15, -0.1) is 0 Å². The highest BCUT2D eigenvalue weighted by molar-refractivity contribution is 7.99. The highest BCUT2D eigenvalue weighted by atomic mass is 35.5. The highest BCUT2D eigenvalue weighted by Crippen LogP contribution is 2.27. The Morgan fingerprint density at radius 2 is 2.04 bits per heavy atom. The predicted molar refractivity (Wildman–Crippen MR) is 109 cm³/mol. The molecule has 1 aromatic heterocycles. The number of rotatable bonds is 8. The molecule has 2 aromatic carbocycles. The fourth-order valence-electron chi connectivity index (χ4n) is 2.66. The zero-order chi connectivity index (χ0) is 19.4. The third kappa shape index (κ3) is 4.76. The molecular formula is C18H20ClN3O3S2. The van der Waals surface area contributed by atoms with E-state index in [0.717, 1.165) is 23.6 Å². The molecular weight excluding hydrogens is 406 g/mol. The molecule has 0 saturated heterocycles. The number of primary sulfonamides is 1. The van der Waals surface area contributed by atoms with Crippen molar-refractivity contribution in [2.24, 2.45) is 5.14 Å². The van der Waals surface area contributed by atoms with E-state index in [2.05, 4.69) is 16.5 Å². The zero-order valence-electron chi connectivity index (χ0n) is 14.8. The van der Waals surface area contributed by atoms with Crippen LogP contribution >= 0.6 is 23.4 Å². The number of para-hydroxylation sites is 1. The van der Waals surface area contributed by atoms with Crippen molar-refractivity contribution in [1.82, 2.24) is 9.55 Å². The van der Waals surface area contributed by atoms with Gasteiger partial charge >= 0.3 is 0 Å². The van der Waals surface area contributed by atoms with Crippen LogP contribution in [0.25, 0.3) is 11.0 Å². The Labute approximate surface area is 167 Å². The third-order valence-corrected chi connectivity index (χ3v) is 6.03. The van der Waals surface area contributed by atoms with Gasteiger partial charge in [0.15, 0.2) is 5.16 Å². The van der Waals surface area contributed by atoms with E-state index >= 15 is 0 Å². The number of ether oxygens (including phenoxy) is 1. The van der Waals surface area contributed by atoms with Gasteiger partial charge in [0.2, 0.25) is 10.0 Å². The van der Waals surface area contributed by atoms with Gasteiger partial charge in [-0.05, 0) is 36.8 Å². The van der Waals surface area contributed by atoms with Crippen molar-refractivity contribution in [3.8, 4) is 5.75 Å². The Morgan fingerprint density at radius 1 is 1.26 bits per heavy atom. The van der Waals surface area contributed by atoms with Crippen LogP contribution in [-0.4, -0.2) is 30.3 Å². The van der Waals surface area contributed by atoms with Crippen LogP contribution < -0.4 is 9.88 Å². The topological polar surface area (TPSA) is 87.2 Å². The molecule has 27 heavy (non-hydrogen) atoms. The van der Waals surface area contributed by atoms with Gasteiger partial charge in [0.1, 0.15) is 5.75 Å². The molecule has 3 aromatic rings. The van der Waals surface area contributed by atoms with Crippen LogP contribution in [0.5, 0.6) is 5.75 Å². The number of sulfonamides is 1. The van der Waals surface area contributed by atoms with Crippen LogP contribution in [0.2, 0.25) is 5.02 Å². The van der Waals surface area contributed by atoms with Crippen LogP contribution in [0.3, 0.4) is 0 Å².